The second-order valence-corrected chi connectivity index (χ2v) is 11.3. The third-order valence-electron chi connectivity index (χ3n) is 8.77. The summed E-state index contributed by atoms with van der Waals surface area (Å²) in [5.41, 5.74) is 7.28. The average molecular weight is 457 g/mol. The van der Waals surface area contributed by atoms with Crippen LogP contribution in [-0.4, -0.2) is 0 Å². The molecule has 0 saturated heterocycles. The Balaban J connectivity index is 1.28. The van der Waals surface area contributed by atoms with Crippen molar-refractivity contribution in [2.75, 3.05) is 0 Å². The van der Waals surface area contributed by atoms with Gasteiger partial charge in [-0.1, -0.05) is 120 Å². The maximum Gasteiger partial charge on any atom is -0.0162 e. The minimum Gasteiger partial charge on any atom is -0.0804 e. The number of rotatable bonds is 11. The van der Waals surface area contributed by atoms with E-state index in [1.165, 1.54) is 113 Å². The van der Waals surface area contributed by atoms with E-state index in [0.29, 0.717) is 0 Å². The molecule has 1 fully saturated rings. The van der Waals surface area contributed by atoms with E-state index in [-0.39, 0.29) is 0 Å². The Morgan fingerprint density at radius 3 is 1.82 bits per heavy atom. The monoisotopic (exact) mass is 456 g/mol. The van der Waals surface area contributed by atoms with Gasteiger partial charge < -0.3 is 0 Å². The molecule has 2 aromatic rings. The molecule has 0 aromatic heterocycles. The predicted octanol–water partition coefficient (Wildman–Crippen LogP) is 11.0. The topological polar surface area (TPSA) is 0 Å². The maximum absolute atomic E-state index is 2.54. The summed E-state index contributed by atoms with van der Waals surface area (Å²) in [6, 6.07) is 18.9. The van der Waals surface area contributed by atoms with Crippen LogP contribution in [0.15, 0.2) is 54.6 Å². The lowest BCUT2D eigenvalue weighted by molar-refractivity contribution is 0.304. The molecule has 184 valence electrons. The summed E-state index contributed by atoms with van der Waals surface area (Å²) in [7, 11) is 0. The SMILES string of the molecule is CCCCCCC1CC=C(c2ccc(-c3ccc(C4CCC(CCCC)CC4)cc3)cc2)CC1. The lowest BCUT2D eigenvalue weighted by Gasteiger charge is -2.29. The van der Waals surface area contributed by atoms with E-state index in [0.717, 1.165) is 17.8 Å². The molecule has 34 heavy (non-hydrogen) atoms. The van der Waals surface area contributed by atoms with Gasteiger partial charge in [0.05, 0.1) is 0 Å². The van der Waals surface area contributed by atoms with Gasteiger partial charge in [-0.15, -0.1) is 0 Å². The number of hydrogen-bond acceptors (Lipinski definition) is 0. The summed E-state index contributed by atoms with van der Waals surface area (Å²) in [5.74, 6) is 2.69. The Morgan fingerprint density at radius 2 is 1.21 bits per heavy atom. The van der Waals surface area contributed by atoms with Gasteiger partial charge in [0, 0.05) is 0 Å². The minimum atomic E-state index is 0.781. The van der Waals surface area contributed by atoms with Crippen molar-refractivity contribution in [1.29, 1.82) is 0 Å². The molecule has 0 radical (unpaired) electrons. The van der Waals surface area contributed by atoms with E-state index in [4.69, 9.17) is 0 Å². The number of allylic oxidation sites excluding steroid dienone is 2. The summed E-state index contributed by atoms with van der Waals surface area (Å²) in [6.07, 6.45) is 23.3. The molecule has 1 saturated carbocycles. The highest BCUT2D eigenvalue weighted by molar-refractivity contribution is 5.71. The van der Waals surface area contributed by atoms with Crippen molar-refractivity contribution in [3.05, 3.63) is 65.7 Å². The molecule has 1 unspecified atom stereocenters. The van der Waals surface area contributed by atoms with Crippen LogP contribution in [0.2, 0.25) is 0 Å². The molecular weight excluding hydrogens is 408 g/mol. The Morgan fingerprint density at radius 1 is 0.588 bits per heavy atom. The second-order valence-electron chi connectivity index (χ2n) is 11.3. The summed E-state index contributed by atoms with van der Waals surface area (Å²) in [6.45, 7) is 4.62. The van der Waals surface area contributed by atoms with Gasteiger partial charge in [-0.05, 0) is 90.5 Å². The first-order valence-corrected chi connectivity index (χ1v) is 14.7. The largest absolute Gasteiger partial charge is 0.0804 e. The van der Waals surface area contributed by atoms with Gasteiger partial charge >= 0.3 is 0 Å². The van der Waals surface area contributed by atoms with E-state index in [1.54, 1.807) is 11.1 Å². The van der Waals surface area contributed by atoms with Crippen LogP contribution >= 0.6 is 0 Å². The molecule has 0 amide bonds. The van der Waals surface area contributed by atoms with Crippen LogP contribution in [0.5, 0.6) is 0 Å². The third kappa shape index (κ3) is 7.10. The zero-order valence-electron chi connectivity index (χ0n) is 22.0. The molecule has 0 heteroatoms. The van der Waals surface area contributed by atoms with Gasteiger partial charge in [0.1, 0.15) is 0 Å². The lowest BCUT2D eigenvalue weighted by atomic mass is 9.77. The predicted molar refractivity (Wildman–Crippen MR) is 150 cm³/mol. The minimum absolute atomic E-state index is 0.781. The Hall–Kier alpha value is -1.82. The van der Waals surface area contributed by atoms with Gasteiger partial charge in [0.2, 0.25) is 0 Å². The maximum atomic E-state index is 2.54. The lowest BCUT2D eigenvalue weighted by Crippen LogP contribution is -2.13. The molecule has 2 aliphatic carbocycles. The van der Waals surface area contributed by atoms with Crippen LogP contribution in [0.4, 0.5) is 0 Å². The molecular formula is C34H48. The first kappa shape index (κ1) is 25.3. The van der Waals surface area contributed by atoms with E-state index >= 15 is 0 Å². The van der Waals surface area contributed by atoms with Crippen LogP contribution in [0, 0.1) is 11.8 Å². The van der Waals surface area contributed by atoms with Gasteiger partial charge in [0.15, 0.2) is 0 Å². The molecule has 4 rings (SSSR count). The van der Waals surface area contributed by atoms with Crippen molar-refractivity contribution in [3.63, 3.8) is 0 Å². The molecule has 2 aromatic carbocycles. The summed E-state index contributed by atoms with van der Waals surface area (Å²) in [4.78, 5) is 0. The zero-order chi connectivity index (χ0) is 23.6. The third-order valence-corrected chi connectivity index (χ3v) is 8.77. The number of hydrogen-bond donors (Lipinski definition) is 0. The van der Waals surface area contributed by atoms with Crippen LogP contribution in [0.1, 0.15) is 127 Å². The van der Waals surface area contributed by atoms with Crippen molar-refractivity contribution < 1.29 is 0 Å². The second kappa shape index (κ2) is 13.3. The van der Waals surface area contributed by atoms with Gasteiger partial charge in [-0.3, -0.25) is 0 Å². The van der Waals surface area contributed by atoms with Gasteiger partial charge in [-0.2, -0.15) is 0 Å². The molecule has 2 aliphatic rings. The highest BCUT2D eigenvalue weighted by Crippen LogP contribution is 2.38. The van der Waals surface area contributed by atoms with Crippen molar-refractivity contribution in [2.45, 2.75) is 116 Å². The first-order valence-electron chi connectivity index (χ1n) is 14.7. The zero-order valence-corrected chi connectivity index (χ0v) is 22.0. The number of unbranched alkanes of at least 4 members (excludes halogenated alkanes) is 4. The van der Waals surface area contributed by atoms with Crippen molar-refractivity contribution in [2.24, 2.45) is 11.8 Å². The fourth-order valence-electron chi connectivity index (χ4n) is 6.37. The summed E-state index contributed by atoms with van der Waals surface area (Å²) < 4.78 is 0. The number of benzene rings is 2. The van der Waals surface area contributed by atoms with E-state index in [1.807, 2.05) is 0 Å². The summed E-state index contributed by atoms with van der Waals surface area (Å²) >= 11 is 0. The van der Waals surface area contributed by atoms with Gasteiger partial charge in [0.25, 0.3) is 0 Å². The van der Waals surface area contributed by atoms with Gasteiger partial charge in [-0.25, -0.2) is 0 Å². The average Bonchev–Trinajstić information content (AvgIpc) is 2.91. The molecule has 0 heterocycles. The van der Waals surface area contributed by atoms with Crippen molar-refractivity contribution >= 4 is 5.57 Å². The first-order chi connectivity index (χ1) is 16.8. The Labute approximate surface area is 210 Å². The summed E-state index contributed by atoms with van der Waals surface area (Å²) in [5, 5.41) is 0. The smallest absolute Gasteiger partial charge is 0.0162 e. The quantitative estimate of drug-likeness (QED) is 0.295. The van der Waals surface area contributed by atoms with Crippen molar-refractivity contribution in [1.82, 2.24) is 0 Å². The van der Waals surface area contributed by atoms with Crippen LogP contribution in [-0.2, 0) is 0 Å². The molecule has 0 nitrogen and oxygen atoms in total. The Bertz CT molecular complexity index is 861. The normalized spacial score (nSPS) is 23.0. The molecule has 1 atom stereocenters. The fourth-order valence-corrected chi connectivity index (χ4v) is 6.37. The fraction of sp³-hybridized carbons (Fsp3) is 0.588. The van der Waals surface area contributed by atoms with Crippen molar-refractivity contribution in [3.8, 4) is 11.1 Å². The van der Waals surface area contributed by atoms with Crippen LogP contribution in [0.3, 0.4) is 0 Å². The standard InChI is InChI=1S/C34H48/c1-3-5-7-8-10-28-13-17-30(18-14-28)32-21-25-34(26-22-32)33-23-19-31(20-24-33)29-15-11-27(12-16-29)9-6-4-2/h17,19-29H,3-16,18H2,1-2H3. The molecule has 0 spiro atoms. The van der Waals surface area contributed by atoms with E-state index < -0.39 is 0 Å². The highest BCUT2D eigenvalue weighted by atomic mass is 14.3. The Kier molecular flexibility index (Phi) is 9.90. The van der Waals surface area contributed by atoms with Crippen LogP contribution in [0.25, 0.3) is 16.7 Å². The van der Waals surface area contributed by atoms with E-state index in [2.05, 4.69) is 68.5 Å². The molecule has 0 N–H and O–H groups in total. The molecule has 0 bridgehead atoms. The highest BCUT2D eigenvalue weighted by Gasteiger charge is 2.22. The van der Waals surface area contributed by atoms with Crippen LogP contribution < -0.4 is 0 Å². The van der Waals surface area contributed by atoms with E-state index in [9.17, 15) is 0 Å². The molecule has 0 aliphatic heterocycles.